The minimum absolute atomic E-state index is 0.156. The highest BCUT2D eigenvalue weighted by Crippen LogP contribution is 2.37. The van der Waals surface area contributed by atoms with Crippen molar-refractivity contribution in [3.05, 3.63) is 50.9 Å². The molecule has 3 heterocycles. The van der Waals surface area contributed by atoms with Gasteiger partial charge in [0.05, 0.1) is 16.8 Å². The van der Waals surface area contributed by atoms with E-state index < -0.39 is 0 Å². The second-order valence-electron chi connectivity index (χ2n) is 7.53. The zero-order valence-corrected chi connectivity index (χ0v) is 19.1. The highest BCUT2D eigenvalue weighted by Gasteiger charge is 2.22. The van der Waals surface area contributed by atoms with Gasteiger partial charge < -0.3 is 5.32 Å². The van der Waals surface area contributed by atoms with Crippen LogP contribution in [0.1, 0.15) is 34.4 Å². The Bertz CT molecular complexity index is 1380. The fourth-order valence-corrected chi connectivity index (χ4v) is 6.23. The first-order valence-corrected chi connectivity index (χ1v) is 12.1. The molecule has 0 unspecified atom stereocenters. The molecule has 31 heavy (non-hydrogen) atoms. The first-order chi connectivity index (χ1) is 15.0. The Kier molecular flexibility index (Phi) is 5.34. The van der Waals surface area contributed by atoms with Crippen molar-refractivity contribution < 1.29 is 4.79 Å². The van der Waals surface area contributed by atoms with E-state index in [1.165, 1.54) is 28.0 Å². The minimum Gasteiger partial charge on any atom is -0.316 e. The topological polar surface area (TPSA) is 83.1 Å². The van der Waals surface area contributed by atoms with Crippen LogP contribution in [0, 0.1) is 18.3 Å². The van der Waals surface area contributed by atoms with Crippen molar-refractivity contribution in [2.75, 3.05) is 11.1 Å². The Morgan fingerprint density at radius 1 is 1.32 bits per heavy atom. The van der Waals surface area contributed by atoms with Crippen LogP contribution in [0.15, 0.2) is 29.4 Å². The number of amides is 1. The van der Waals surface area contributed by atoms with Crippen LogP contribution in [0.25, 0.3) is 16.6 Å². The molecule has 4 aromatic rings. The van der Waals surface area contributed by atoms with Crippen LogP contribution in [0.4, 0.5) is 5.00 Å². The molecule has 1 aliphatic carbocycles. The Morgan fingerprint density at radius 2 is 2.16 bits per heavy atom. The van der Waals surface area contributed by atoms with Gasteiger partial charge in [-0.25, -0.2) is 0 Å². The number of aromatic nitrogens is 3. The lowest BCUT2D eigenvalue weighted by molar-refractivity contribution is -0.113. The Morgan fingerprint density at radius 3 is 3.00 bits per heavy atom. The first-order valence-electron chi connectivity index (χ1n) is 9.96. The van der Waals surface area contributed by atoms with Crippen LogP contribution in [0.2, 0.25) is 5.02 Å². The molecule has 6 nitrogen and oxygen atoms in total. The summed E-state index contributed by atoms with van der Waals surface area (Å²) in [4.78, 5) is 13.9. The van der Waals surface area contributed by atoms with E-state index in [-0.39, 0.29) is 11.7 Å². The normalized spacial score (nSPS) is 13.3. The molecule has 0 atom stereocenters. The number of nitriles is 1. The molecule has 0 aliphatic heterocycles. The number of anilines is 1. The summed E-state index contributed by atoms with van der Waals surface area (Å²) in [6, 6.07) is 9.96. The quantitative estimate of drug-likeness (QED) is 0.407. The summed E-state index contributed by atoms with van der Waals surface area (Å²) >= 11 is 9.04. The van der Waals surface area contributed by atoms with Crippen molar-refractivity contribution >= 4 is 62.2 Å². The monoisotopic (exact) mass is 467 g/mol. The summed E-state index contributed by atoms with van der Waals surface area (Å²) in [5, 5.41) is 24.1. The van der Waals surface area contributed by atoms with Crippen molar-refractivity contribution in [3.63, 3.8) is 0 Å². The molecule has 3 aromatic heterocycles. The third-order valence-electron chi connectivity index (χ3n) is 5.50. The van der Waals surface area contributed by atoms with Gasteiger partial charge >= 0.3 is 0 Å². The second-order valence-corrected chi connectivity index (χ2v) is 10.0. The van der Waals surface area contributed by atoms with Gasteiger partial charge in [-0.3, -0.25) is 9.20 Å². The van der Waals surface area contributed by atoms with Gasteiger partial charge in [0, 0.05) is 15.3 Å². The van der Waals surface area contributed by atoms with Gasteiger partial charge in [-0.15, -0.1) is 21.5 Å². The molecule has 1 amide bonds. The first kappa shape index (κ1) is 20.3. The SMILES string of the molecule is Cc1cc2nnc(SCC(=O)Nc3sc4c(c3C#N)CCCC4)n2c2ccc(Cl)cc12. The molecule has 0 fully saturated rings. The van der Waals surface area contributed by atoms with E-state index in [4.69, 9.17) is 11.6 Å². The number of benzene rings is 1. The summed E-state index contributed by atoms with van der Waals surface area (Å²) < 4.78 is 1.95. The van der Waals surface area contributed by atoms with Crippen LogP contribution in [-0.4, -0.2) is 26.3 Å². The highest BCUT2D eigenvalue weighted by molar-refractivity contribution is 7.99. The number of pyridine rings is 1. The predicted octanol–water partition coefficient (Wildman–Crippen LogP) is 5.39. The minimum atomic E-state index is -0.156. The third kappa shape index (κ3) is 3.67. The van der Waals surface area contributed by atoms with E-state index in [1.54, 1.807) is 0 Å². The number of hydrogen-bond donors (Lipinski definition) is 1. The molecule has 156 valence electrons. The molecule has 0 radical (unpaired) electrons. The van der Waals surface area contributed by atoms with Gasteiger partial charge in [-0.2, -0.15) is 5.26 Å². The molecule has 0 spiro atoms. The molecule has 1 aromatic carbocycles. The summed E-state index contributed by atoms with van der Waals surface area (Å²) in [5.41, 5.74) is 4.49. The van der Waals surface area contributed by atoms with Gasteiger partial charge in [-0.05, 0) is 68.0 Å². The van der Waals surface area contributed by atoms with Gasteiger partial charge in [0.15, 0.2) is 10.8 Å². The number of thiophene rings is 1. The Balaban J connectivity index is 1.39. The molecule has 0 saturated heterocycles. The second kappa shape index (κ2) is 8.15. The smallest absolute Gasteiger partial charge is 0.235 e. The molecular weight excluding hydrogens is 450 g/mol. The summed E-state index contributed by atoms with van der Waals surface area (Å²) in [6.07, 6.45) is 4.14. The van der Waals surface area contributed by atoms with E-state index in [0.29, 0.717) is 20.7 Å². The number of aryl methyl sites for hydroxylation is 2. The summed E-state index contributed by atoms with van der Waals surface area (Å²) in [6.45, 7) is 2.01. The highest BCUT2D eigenvalue weighted by atomic mass is 35.5. The van der Waals surface area contributed by atoms with E-state index in [9.17, 15) is 10.1 Å². The Hall–Kier alpha value is -2.60. The lowest BCUT2D eigenvalue weighted by atomic mass is 9.96. The Labute approximate surface area is 192 Å². The van der Waals surface area contributed by atoms with Crippen LogP contribution in [0.3, 0.4) is 0 Å². The summed E-state index contributed by atoms with van der Waals surface area (Å²) in [7, 11) is 0. The van der Waals surface area contributed by atoms with E-state index in [0.717, 1.165) is 53.4 Å². The van der Waals surface area contributed by atoms with Crippen molar-refractivity contribution in [2.24, 2.45) is 0 Å². The number of carbonyl (C=O) groups excluding carboxylic acids is 1. The lowest BCUT2D eigenvalue weighted by Gasteiger charge is -2.09. The zero-order chi connectivity index (χ0) is 21.5. The van der Waals surface area contributed by atoms with E-state index >= 15 is 0 Å². The van der Waals surface area contributed by atoms with Crippen LogP contribution in [0.5, 0.6) is 0 Å². The maximum Gasteiger partial charge on any atom is 0.235 e. The van der Waals surface area contributed by atoms with Crippen molar-refractivity contribution in [3.8, 4) is 6.07 Å². The number of hydrogen-bond acceptors (Lipinski definition) is 6. The number of nitrogens with zero attached hydrogens (tertiary/aromatic N) is 4. The molecule has 0 bridgehead atoms. The number of thioether (sulfide) groups is 1. The zero-order valence-electron chi connectivity index (χ0n) is 16.7. The number of rotatable bonds is 4. The van der Waals surface area contributed by atoms with E-state index in [1.807, 2.05) is 35.6 Å². The number of halogens is 1. The van der Waals surface area contributed by atoms with Gasteiger partial charge in [0.1, 0.15) is 11.1 Å². The average Bonchev–Trinajstić information content (AvgIpc) is 3.32. The third-order valence-corrected chi connectivity index (χ3v) is 7.87. The number of nitrogens with one attached hydrogen (secondary N) is 1. The number of fused-ring (bicyclic) bond motifs is 4. The van der Waals surface area contributed by atoms with Crippen molar-refractivity contribution in [1.82, 2.24) is 14.6 Å². The molecule has 1 aliphatic rings. The lowest BCUT2D eigenvalue weighted by Crippen LogP contribution is -2.14. The molecule has 9 heteroatoms. The van der Waals surface area contributed by atoms with Crippen LogP contribution >= 0.6 is 34.7 Å². The fourth-order valence-electron chi connectivity index (χ4n) is 4.05. The average molecular weight is 468 g/mol. The summed E-state index contributed by atoms with van der Waals surface area (Å²) in [5.74, 6) is 0.0216. The largest absolute Gasteiger partial charge is 0.316 e. The maximum absolute atomic E-state index is 12.7. The molecule has 0 saturated carbocycles. The van der Waals surface area contributed by atoms with Crippen LogP contribution < -0.4 is 5.32 Å². The van der Waals surface area contributed by atoms with Crippen molar-refractivity contribution in [2.45, 2.75) is 37.8 Å². The standard InChI is InChI=1S/C22H18ClN5OS2/c1-12-8-19-26-27-22(28(19)17-7-6-13(23)9-15(12)17)30-11-20(29)25-21-16(10-24)14-4-2-3-5-18(14)31-21/h6-9H,2-5,11H2,1H3,(H,25,29). The maximum atomic E-state index is 12.7. The van der Waals surface area contributed by atoms with Gasteiger partial charge in [0.2, 0.25) is 5.91 Å². The van der Waals surface area contributed by atoms with Gasteiger partial charge in [-0.1, -0.05) is 23.4 Å². The fraction of sp³-hybridized carbons (Fsp3) is 0.273. The molecule has 1 N–H and O–H groups in total. The number of carbonyl (C=O) groups is 1. The molecular formula is C22H18ClN5OS2. The van der Waals surface area contributed by atoms with Crippen LogP contribution in [-0.2, 0) is 17.6 Å². The predicted molar refractivity (Wildman–Crippen MR) is 125 cm³/mol. The van der Waals surface area contributed by atoms with E-state index in [2.05, 4.69) is 21.6 Å². The van der Waals surface area contributed by atoms with Gasteiger partial charge in [0.25, 0.3) is 0 Å². The van der Waals surface area contributed by atoms with Crippen molar-refractivity contribution in [1.29, 1.82) is 5.26 Å². The molecule has 5 rings (SSSR count).